The summed E-state index contributed by atoms with van der Waals surface area (Å²) in [5.74, 6) is 0.881. The number of nitro benzene ring substituents is 1. The van der Waals surface area contributed by atoms with Crippen LogP contribution in [0.1, 0.15) is 6.42 Å². The second-order valence-electron chi connectivity index (χ2n) is 5.15. The van der Waals surface area contributed by atoms with Crippen molar-refractivity contribution in [1.82, 2.24) is 0 Å². The largest absolute Gasteiger partial charge is 0.379 e. The van der Waals surface area contributed by atoms with Gasteiger partial charge in [0.2, 0.25) is 0 Å². The molecule has 0 aliphatic rings. The minimum absolute atomic E-state index is 0.0561. The van der Waals surface area contributed by atoms with Crippen molar-refractivity contribution in [3.63, 3.8) is 0 Å². The lowest BCUT2D eigenvalue weighted by Crippen LogP contribution is -2.06. The summed E-state index contributed by atoms with van der Waals surface area (Å²) in [7, 11) is -3.47. The van der Waals surface area contributed by atoms with Crippen molar-refractivity contribution in [3.8, 4) is 0 Å². The molecule has 0 aliphatic carbocycles. The Labute approximate surface area is 145 Å². The lowest BCUT2D eigenvalue weighted by molar-refractivity contribution is -0.384. The topological polar surface area (TPSA) is 89.3 Å². The van der Waals surface area contributed by atoms with E-state index in [9.17, 15) is 18.5 Å². The summed E-state index contributed by atoms with van der Waals surface area (Å²) in [6, 6.07) is 13.9. The Balaban J connectivity index is 1.93. The molecule has 0 fully saturated rings. The van der Waals surface area contributed by atoms with Gasteiger partial charge in [-0.15, -0.1) is 11.8 Å². The summed E-state index contributed by atoms with van der Waals surface area (Å²) in [4.78, 5) is 11.7. The van der Waals surface area contributed by atoms with Crippen LogP contribution in [0.4, 0.5) is 11.4 Å². The average molecular weight is 366 g/mol. The number of nitrogens with one attached hydrogen (secondary N) is 1. The van der Waals surface area contributed by atoms with E-state index >= 15 is 0 Å². The molecule has 8 heteroatoms. The lowest BCUT2D eigenvalue weighted by atomic mass is 10.2. The Morgan fingerprint density at radius 1 is 1.17 bits per heavy atom. The number of nitrogens with zero attached hydrogens (tertiary/aromatic N) is 1. The van der Waals surface area contributed by atoms with E-state index in [1.54, 1.807) is 11.8 Å². The molecule has 1 N–H and O–H groups in total. The predicted molar refractivity (Wildman–Crippen MR) is 96.5 cm³/mol. The van der Waals surface area contributed by atoms with Gasteiger partial charge in [-0.25, -0.2) is 8.42 Å². The van der Waals surface area contributed by atoms with Crippen molar-refractivity contribution >= 4 is 33.0 Å². The molecular formula is C16H18N2O4S2. The molecule has 2 rings (SSSR count). The molecule has 0 aromatic heterocycles. The summed E-state index contributed by atoms with van der Waals surface area (Å²) in [6.45, 7) is 0.568. The zero-order valence-corrected chi connectivity index (χ0v) is 14.8. The maximum absolute atomic E-state index is 11.5. The predicted octanol–water partition coefficient (Wildman–Crippen LogP) is 3.59. The van der Waals surface area contributed by atoms with Crippen LogP contribution < -0.4 is 5.32 Å². The van der Waals surface area contributed by atoms with E-state index in [0.29, 0.717) is 12.2 Å². The first-order valence-corrected chi connectivity index (χ1v) is 10.2. The van der Waals surface area contributed by atoms with Crippen LogP contribution in [0, 0.1) is 10.1 Å². The summed E-state index contributed by atoms with van der Waals surface area (Å²) >= 11 is 1.72. The van der Waals surface area contributed by atoms with Gasteiger partial charge >= 0.3 is 0 Å². The highest BCUT2D eigenvalue weighted by atomic mass is 32.2. The Hall–Kier alpha value is -2.06. The monoisotopic (exact) mass is 366 g/mol. The number of hydrogen-bond acceptors (Lipinski definition) is 6. The van der Waals surface area contributed by atoms with Gasteiger partial charge in [0.25, 0.3) is 5.69 Å². The van der Waals surface area contributed by atoms with Crippen molar-refractivity contribution < 1.29 is 13.3 Å². The summed E-state index contributed by atoms with van der Waals surface area (Å²) < 4.78 is 23.0. The van der Waals surface area contributed by atoms with Crippen LogP contribution in [0.2, 0.25) is 0 Å². The molecule has 0 radical (unpaired) electrons. The molecule has 24 heavy (non-hydrogen) atoms. The molecule has 128 valence electrons. The van der Waals surface area contributed by atoms with Gasteiger partial charge in [0.15, 0.2) is 9.84 Å². The van der Waals surface area contributed by atoms with E-state index < -0.39 is 14.8 Å². The minimum atomic E-state index is -3.47. The first kappa shape index (κ1) is 18.3. The molecule has 0 unspecified atom stereocenters. The van der Waals surface area contributed by atoms with E-state index in [0.717, 1.165) is 24.5 Å². The Bertz CT molecular complexity index is 808. The zero-order valence-electron chi connectivity index (χ0n) is 13.1. The number of sulfone groups is 1. The normalized spacial score (nSPS) is 11.2. The molecule has 6 nitrogen and oxygen atoms in total. The second kappa shape index (κ2) is 8.16. The third-order valence-electron chi connectivity index (χ3n) is 3.24. The number of hydrogen-bond donors (Lipinski definition) is 1. The smallest absolute Gasteiger partial charge is 0.293 e. The highest BCUT2D eigenvalue weighted by molar-refractivity contribution is 7.99. The van der Waals surface area contributed by atoms with Gasteiger partial charge in [0, 0.05) is 23.8 Å². The van der Waals surface area contributed by atoms with Gasteiger partial charge in [0.05, 0.1) is 9.82 Å². The molecule has 0 amide bonds. The fraction of sp³-hybridized carbons (Fsp3) is 0.250. The maximum atomic E-state index is 11.5. The van der Waals surface area contributed by atoms with Crippen molar-refractivity contribution in [3.05, 3.63) is 58.6 Å². The van der Waals surface area contributed by atoms with Crippen molar-refractivity contribution in [1.29, 1.82) is 0 Å². The summed E-state index contributed by atoms with van der Waals surface area (Å²) in [5.41, 5.74) is 0.103. The molecule has 0 spiro atoms. The van der Waals surface area contributed by atoms with Gasteiger partial charge in [-0.1, -0.05) is 18.2 Å². The molecule has 0 saturated heterocycles. The first-order valence-electron chi connectivity index (χ1n) is 7.28. The van der Waals surface area contributed by atoms with E-state index in [4.69, 9.17) is 0 Å². The van der Waals surface area contributed by atoms with Gasteiger partial charge < -0.3 is 5.32 Å². The molecule has 0 aliphatic heterocycles. The van der Waals surface area contributed by atoms with Crippen LogP contribution in [0.15, 0.2) is 58.3 Å². The highest BCUT2D eigenvalue weighted by Gasteiger charge is 2.18. The first-order chi connectivity index (χ1) is 11.4. The summed E-state index contributed by atoms with van der Waals surface area (Å²) in [5, 5.41) is 14.2. The molecule has 2 aromatic carbocycles. The van der Waals surface area contributed by atoms with Crippen LogP contribution in [-0.4, -0.2) is 31.9 Å². The maximum Gasteiger partial charge on any atom is 0.293 e. The quantitative estimate of drug-likeness (QED) is 0.332. The minimum Gasteiger partial charge on any atom is -0.379 e. The van der Waals surface area contributed by atoms with Crippen LogP contribution in [0.25, 0.3) is 0 Å². The summed E-state index contributed by atoms with van der Waals surface area (Å²) in [6.07, 6.45) is 1.85. The molecule has 0 heterocycles. The number of rotatable bonds is 8. The van der Waals surface area contributed by atoms with Gasteiger partial charge in [-0.3, -0.25) is 10.1 Å². The molecule has 2 aromatic rings. The van der Waals surface area contributed by atoms with Gasteiger partial charge in [-0.05, 0) is 36.4 Å². The highest BCUT2D eigenvalue weighted by Crippen LogP contribution is 2.27. The number of nitro groups is 1. The van der Waals surface area contributed by atoms with Gasteiger partial charge in [-0.2, -0.15) is 0 Å². The van der Waals surface area contributed by atoms with E-state index in [1.165, 1.54) is 17.0 Å². The number of thioether (sulfide) groups is 1. The average Bonchev–Trinajstić information content (AvgIpc) is 2.54. The van der Waals surface area contributed by atoms with E-state index in [-0.39, 0.29) is 10.6 Å². The fourth-order valence-corrected chi connectivity index (χ4v) is 3.56. The third-order valence-corrected chi connectivity index (χ3v) is 5.45. The molecule has 0 bridgehead atoms. The van der Waals surface area contributed by atoms with Crippen LogP contribution in [0.5, 0.6) is 0 Å². The second-order valence-corrected chi connectivity index (χ2v) is 8.33. The van der Waals surface area contributed by atoms with E-state index in [2.05, 4.69) is 5.32 Å². The van der Waals surface area contributed by atoms with Crippen molar-refractivity contribution in [2.75, 3.05) is 23.9 Å². The molecule has 0 atom stereocenters. The van der Waals surface area contributed by atoms with Gasteiger partial charge in [0.1, 0.15) is 5.69 Å². The molecule has 0 saturated carbocycles. The zero-order chi connectivity index (χ0) is 17.6. The van der Waals surface area contributed by atoms with Crippen molar-refractivity contribution in [2.45, 2.75) is 16.2 Å². The van der Waals surface area contributed by atoms with E-state index in [1.807, 2.05) is 30.3 Å². The van der Waals surface area contributed by atoms with Crippen molar-refractivity contribution in [2.24, 2.45) is 0 Å². The fourth-order valence-electron chi connectivity index (χ4n) is 2.04. The Morgan fingerprint density at radius 3 is 2.50 bits per heavy atom. The van der Waals surface area contributed by atoms with Crippen LogP contribution in [-0.2, 0) is 9.84 Å². The third kappa shape index (κ3) is 5.24. The van der Waals surface area contributed by atoms with Crippen LogP contribution in [0.3, 0.4) is 0 Å². The van der Waals surface area contributed by atoms with Crippen LogP contribution >= 0.6 is 11.8 Å². The number of benzene rings is 2. The lowest BCUT2D eigenvalue weighted by Gasteiger charge is -2.08. The Morgan fingerprint density at radius 2 is 1.88 bits per heavy atom. The SMILES string of the molecule is CS(=O)(=O)c1ccc(NCCCSc2ccccc2)c([N+](=O)[O-])c1. The standard InChI is InChI=1S/C16H18N2O4S2/c1-24(21,22)14-8-9-15(16(12-14)18(19)20)17-10-5-11-23-13-6-3-2-4-7-13/h2-4,6-9,12,17H,5,10-11H2,1H3. The molecular weight excluding hydrogens is 348 g/mol. The Kier molecular flexibility index (Phi) is 6.22. The number of anilines is 1.